The summed E-state index contributed by atoms with van der Waals surface area (Å²) in [5, 5.41) is 10.9. The van der Waals surface area contributed by atoms with Gasteiger partial charge in [-0.2, -0.15) is 45.3 Å². The van der Waals surface area contributed by atoms with E-state index in [0.29, 0.717) is 0 Å². The fourth-order valence-corrected chi connectivity index (χ4v) is 6.49. The van der Waals surface area contributed by atoms with Crippen LogP contribution in [0.4, 0.5) is 39.4 Å². The van der Waals surface area contributed by atoms with E-state index in [-0.39, 0.29) is 40.1 Å². The number of para-hydroxylation sites is 1. The Hall–Kier alpha value is -5.56. The number of aromatic nitrogens is 3. The molecule has 50 heavy (non-hydrogen) atoms. The zero-order valence-corrected chi connectivity index (χ0v) is 27.6. The Bertz CT molecular complexity index is 2490. The number of carbonyl (C=O) groups is 2. The van der Waals surface area contributed by atoms with Crippen LogP contribution in [0.2, 0.25) is 5.28 Å². The molecule has 1 aliphatic rings. The van der Waals surface area contributed by atoms with Gasteiger partial charge in [0.1, 0.15) is 14.7 Å². The molecule has 3 aromatic carbocycles. The number of carbonyl (C=O) groups excluding carboxylic acids is 2. The number of halogens is 1. The fourth-order valence-electron chi connectivity index (χ4n) is 4.40. The van der Waals surface area contributed by atoms with Gasteiger partial charge in [-0.1, -0.05) is 12.1 Å². The summed E-state index contributed by atoms with van der Waals surface area (Å²) >= 11 is 6.01. The van der Waals surface area contributed by atoms with E-state index in [2.05, 4.69) is 41.4 Å². The highest BCUT2D eigenvalue weighted by molar-refractivity contribution is 7.91. The fraction of sp³-hybridized carbons (Fsp3) is 0. The standard InChI is InChI=1S/C26H20ClN9O11S3/c27-23-32-25(34-26(33-23)31-16-3-1-2-4-18(16)48(39,40)41)30-14-6-8-19(49(42,43)44)17(11-14)35-36-21-20(50(45,46)47)10-12-9-13(29-24(28)38)5-7-15(12)22(21)37/h1-11,35H,(H3,28,29,38)(H,39,40,41)(H,42,43,44)(H,45,46,47)(H2,30,31,32,33,34)/b36-21+. The molecule has 24 heteroatoms. The van der Waals surface area contributed by atoms with Crippen LogP contribution < -0.4 is 27.1 Å². The van der Waals surface area contributed by atoms with Crippen molar-refractivity contribution in [3.05, 3.63) is 82.0 Å². The summed E-state index contributed by atoms with van der Waals surface area (Å²) in [4.78, 5) is 34.1. The molecule has 9 N–H and O–H groups in total. The predicted molar refractivity (Wildman–Crippen MR) is 178 cm³/mol. The van der Waals surface area contributed by atoms with Crippen molar-refractivity contribution in [3.63, 3.8) is 0 Å². The molecular weight excluding hydrogens is 746 g/mol. The molecule has 0 aliphatic heterocycles. The molecule has 0 fully saturated rings. The van der Waals surface area contributed by atoms with Crippen LogP contribution in [0, 0.1) is 0 Å². The van der Waals surface area contributed by atoms with E-state index in [1.807, 2.05) is 0 Å². The number of primary amides is 1. The Morgan fingerprint density at radius 2 is 1.38 bits per heavy atom. The summed E-state index contributed by atoms with van der Waals surface area (Å²) in [6.07, 6.45) is 0.880. The Balaban J connectivity index is 1.50. The molecule has 0 saturated carbocycles. The maximum absolute atomic E-state index is 13.3. The lowest BCUT2D eigenvalue weighted by molar-refractivity contribution is 0.106. The molecule has 0 unspecified atom stereocenters. The van der Waals surface area contributed by atoms with Crippen molar-refractivity contribution in [2.45, 2.75) is 9.79 Å². The second-order valence-electron chi connectivity index (χ2n) is 9.84. The van der Waals surface area contributed by atoms with Gasteiger partial charge in [0.05, 0.1) is 11.4 Å². The number of nitrogens with zero attached hydrogens (tertiary/aromatic N) is 4. The summed E-state index contributed by atoms with van der Waals surface area (Å²) in [6.45, 7) is 0. The van der Waals surface area contributed by atoms with Gasteiger partial charge in [0, 0.05) is 16.9 Å². The van der Waals surface area contributed by atoms with Gasteiger partial charge in [0.2, 0.25) is 23.0 Å². The minimum Gasteiger partial charge on any atom is -0.351 e. The molecule has 0 atom stereocenters. The highest BCUT2D eigenvalue weighted by Crippen LogP contribution is 2.31. The number of hydrogen-bond donors (Lipinski definition) is 8. The van der Waals surface area contributed by atoms with Gasteiger partial charge in [-0.25, -0.2) is 4.79 Å². The molecule has 1 aromatic heterocycles. The number of hydrazone groups is 1. The van der Waals surface area contributed by atoms with E-state index >= 15 is 0 Å². The zero-order chi connectivity index (χ0) is 36.6. The van der Waals surface area contributed by atoms with E-state index in [9.17, 15) is 48.5 Å². The normalized spacial score (nSPS) is 14.0. The first-order valence-corrected chi connectivity index (χ1v) is 17.9. The molecule has 1 aliphatic carbocycles. The minimum atomic E-state index is -5.13. The van der Waals surface area contributed by atoms with E-state index < -0.39 is 73.5 Å². The Labute approximate surface area is 286 Å². The average molecular weight is 766 g/mol. The maximum Gasteiger partial charge on any atom is 0.316 e. The second-order valence-corrected chi connectivity index (χ2v) is 14.3. The summed E-state index contributed by atoms with van der Waals surface area (Å²) in [7, 11) is -14.8. The predicted octanol–water partition coefficient (Wildman–Crippen LogP) is 2.89. The van der Waals surface area contributed by atoms with Crippen LogP contribution in [0.1, 0.15) is 15.9 Å². The number of nitrogens with one attached hydrogen (secondary N) is 4. The summed E-state index contributed by atoms with van der Waals surface area (Å²) in [5.74, 6) is -1.61. The van der Waals surface area contributed by atoms with E-state index in [0.717, 1.165) is 30.3 Å². The number of urea groups is 1. The van der Waals surface area contributed by atoms with Crippen LogP contribution in [0.15, 0.2) is 80.5 Å². The van der Waals surface area contributed by atoms with Crippen molar-refractivity contribution >= 4 is 100 Å². The Morgan fingerprint density at radius 1 is 0.760 bits per heavy atom. The second kappa shape index (κ2) is 13.4. The van der Waals surface area contributed by atoms with Crippen LogP contribution in [0.25, 0.3) is 6.08 Å². The zero-order valence-electron chi connectivity index (χ0n) is 24.4. The number of amides is 2. The Kier molecular flexibility index (Phi) is 9.57. The third kappa shape index (κ3) is 8.17. The Morgan fingerprint density at radius 3 is 2.02 bits per heavy atom. The molecule has 0 saturated heterocycles. The number of nitrogens with two attached hydrogens (primary N) is 1. The third-order valence-corrected chi connectivity index (χ3v) is 9.26. The lowest BCUT2D eigenvalue weighted by Gasteiger charge is -2.17. The van der Waals surface area contributed by atoms with Crippen molar-refractivity contribution < 1.29 is 48.5 Å². The molecule has 0 bridgehead atoms. The molecular formula is C26H20ClN9O11S3. The van der Waals surface area contributed by atoms with Crippen molar-refractivity contribution in [1.82, 2.24) is 15.0 Å². The maximum atomic E-state index is 13.3. The van der Waals surface area contributed by atoms with E-state index in [4.69, 9.17) is 17.3 Å². The smallest absolute Gasteiger partial charge is 0.316 e. The van der Waals surface area contributed by atoms with Crippen molar-refractivity contribution in [2.75, 3.05) is 21.4 Å². The number of hydrogen-bond acceptors (Lipinski definition) is 15. The molecule has 4 aromatic rings. The van der Waals surface area contributed by atoms with Gasteiger partial charge in [0.15, 0.2) is 5.71 Å². The highest BCUT2D eigenvalue weighted by atomic mass is 35.5. The SMILES string of the molecule is NC(=O)Nc1ccc2c(c1)C=C(S(=O)(=O)O)/C(=N\Nc1cc(Nc3nc(Cl)nc(Nc4ccccc4S(=O)(=O)O)n3)ccc1S(=O)(=O)O)C2=O. The number of benzene rings is 3. The molecule has 1 heterocycles. The van der Waals surface area contributed by atoms with Crippen LogP contribution in [-0.2, 0) is 30.4 Å². The number of allylic oxidation sites excluding steroid dienone is 1. The molecule has 5 rings (SSSR count). The highest BCUT2D eigenvalue weighted by Gasteiger charge is 2.33. The van der Waals surface area contributed by atoms with Gasteiger partial charge in [0.25, 0.3) is 30.4 Å². The van der Waals surface area contributed by atoms with Gasteiger partial charge < -0.3 is 21.7 Å². The first kappa shape index (κ1) is 35.7. The van der Waals surface area contributed by atoms with Crippen LogP contribution in [-0.4, -0.2) is 71.4 Å². The van der Waals surface area contributed by atoms with E-state index in [1.54, 1.807) is 0 Å². The van der Waals surface area contributed by atoms with Crippen LogP contribution in [0.3, 0.4) is 0 Å². The molecule has 0 spiro atoms. The van der Waals surface area contributed by atoms with Crippen molar-refractivity contribution in [3.8, 4) is 0 Å². The topological polar surface area (TPSA) is 322 Å². The van der Waals surface area contributed by atoms with Gasteiger partial charge in [-0.3, -0.25) is 23.9 Å². The largest absolute Gasteiger partial charge is 0.351 e. The third-order valence-electron chi connectivity index (χ3n) is 6.40. The monoisotopic (exact) mass is 765 g/mol. The molecule has 2 amide bonds. The summed E-state index contributed by atoms with van der Waals surface area (Å²) in [6, 6.07) is 11.1. The van der Waals surface area contributed by atoms with Gasteiger partial charge in [-0.05, 0) is 71.8 Å². The van der Waals surface area contributed by atoms with Crippen LogP contribution in [0.5, 0.6) is 0 Å². The first-order valence-electron chi connectivity index (χ1n) is 13.2. The lowest BCUT2D eigenvalue weighted by Crippen LogP contribution is -2.27. The summed E-state index contributed by atoms with van der Waals surface area (Å²) < 4.78 is 102. The van der Waals surface area contributed by atoms with Gasteiger partial charge >= 0.3 is 6.03 Å². The minimum absolute atomic E-state index is 0.00741. The quantitative estimate of drug-likeness (QED) is 0.0849. The first-order chi connectivity index (χ1) is 23.3. The van der Waals surface area contributed by atoms with Crippen molar-refractivity contribution in [2.24, 2.45) is 10.8 Å². The van der Waals surface area contributed by atoms with Crippen LogP contribution >= 0.6 is 11.6 Å². The average Bonchev–Trinajstić information content (AvgIpc) is 2.98. The lowest BCUT2D eigenvalue weighted by atomic mass is 9.94. The number of ketones is 1. The number of rotatable bonds is 10. The molecule has 20 nitrogen and oxygen atoms in total. The van der Waals surface area contributed by atoms with Gasteiger partial charge in [-0.15, -0.1) is 0 Å². The molecule has 0 radical (unpaired) electrons. The number of anilines is 6. The van der Waals surface area contributed by atoms with E-state index in [1.165, 1.54) is 36.4 Å². The number of Topliss-reactive ketones (excluding diaryl/α,β-unsaturated/α-hetero) is 1. The van der Waals surface area contributed by atoms with Crippen molar-refractivity contribution in [1.29, 1.82) is 0 Å². The summed E-state index contributed by atoms with van der Waals surface area (Å²) in [5.41, 5.74) is 5.74. The number of fused-ring (bicyclic) bond motifs is 1. The molecule has 260 valence electrons.